The average molecular weight is 207 g/mol. The van der Waals surface area contributed by atoms with Crippen molar-refractivity contribution in [1.82, 2.24) is 5.32 Å². The summed E-state index contributed by atoms with van der Waals surface area (Å²) in [4.78, 5) is 0. The minimum absolute atomic E-state index is 0.425. The van der Waals surface area contributed by atoms with Gasteiger partial charge in [-0.2, -0.15) is 0 Å². The van der Waals surface area contributed by atoms with Crippen LogP contribution in [0.2, 0.25) is 0 Å². The van der Waals surface area contributed by atoms with Crippen LogP contribution in [0.1, 0.15) is 52.9 Å². The second-order valence-electron chi connectivity index (χ2n) is 5.77. The number of nitrogens with one attached hydrogen (secondary N) is 1. The maximum absolute atomic E-state index is 5.27. The second-order valence-corrected chi connectivity index (χ2v) is 5.77. The maximum atomic E-state index is 5.27. The van der Waals surface area contributed by atoms with Crippen molar-refractivity contribution < 1.29 is 0 Å². The molecular weight excluding hydrogens is 182 g/mol. The van der Waals surface area contributed by atoms with Crippen molar-refractivity contribution in [3.63, 3.8) is 0 Å². The van der Waals surface area contributed by atoms with Crippen LogP contribution >= 0.6 is 0 Å². The largest absolute Gasteiger partial charge is 0.313 e. The van der Waals surface area contributed by atoms with Crippen LogP contribution < -0.4 is 5.32 Å². The van der Waals surface area contributed by atoms with E-state index in [1.165, 1.54) is 25.7 Å². The molecule has 0 spiro atoms. The number of rotatable bonds is 3. The molecule has 1 rings (SSSR count). The summed E-state index contributed by atoms with van der Waals surface area (Å²) in [6, 6.07) is 0.687. The minimum atomic E-state index is 0.425. The van der Waals surface area contributed by atoms with Gasteiger partial charge in [0.05, 0.1) is 0 Å². The first-order valence-electron chi connectivity index (χ1n) is 6.22. The average Bonchev–Trinajstić information content (AvgIpc) is 2.17. The van der Waals surface area contributed by atoms with E-state index in [1.807, 2.05) is 0 Å². The Labute approximate surface area is 95.0 Å². The number of hydrogen-bond acceptors (Lipinski definition) is 1. The summed E-state index contributed by atoms with van der Waals surface area (Å²) in [6.45, 7) is 8.06. The van der Waals surface area contributed by atoms with Gasteiger partial charge in [0.15, 0.2) is 0 Å². The molecule has 86 valence electrons. The highest BCUT2D eigenvalue weighted by Crippen LogP contribution is 2.37. The van der Waals surface area contributed by atoms with Crippen LogP contribution in [0.15, 0.2) is 0 Å². The second kappa shape index (κ2) is 5.56. The Morgan fingerprint density at radius 3 is 2.53 bits per heavy atom. The molecule has 0 aromatic carbocycles. The normalized spacial score (nSPS) is 27.3. The third kappa shape index (κ3) is 3.87. The maximum Gasteiger partial charge on any atom is 0.0212 e. The molecule has 15 heavy (non-hydrogen) atoms. The molecule has 1 heteroatoms. The predicted octanol–water partition coefficient (Wildman–Crippen LogP) is 3.20. The Morgan fingerprint density at radius 1 is 1.27 bits per heavy atom. The summed E-state index contributed by atoms with van der Waals surface area (Å²) < 4.78 is 0. The number of terminal acetylenes is 1. The van der Waals surface area contributed by atoms with Crippen molar-refractivity contribution in [2.24, 2.45) is 11.3 Å². The van der Waals surface area contributed by atoms with Crippen LogP contribution in [0.3, 0.4) is 0 Å². The van der Waals surface area contributed by atoms with E-state index in [0.717, 1.165) is 18.9 Å². The van der Waals surface area contributed by atoms with Crippen molar-refractivity contribution in [2.75, 3.05) is 6.54 Å². The van der Waals surface area contributed by atoms with E-state index in [2.05, 4.69) is 32.0 Å². The third-order valence-corrected chi connectivity index (χ3v) is 3.55. The molecule has 1 aliphatic rings. The lowest BCUT2D eigenvalue weighted by atomic mass is 9.69. The molecular formula is C14H25N. The molecule has 0 saturated heterocycles. The first-order valence-corrected chi connectivity index (χ1v) is 6.22. The highest BCUT2D eigenvalue weighted by atomic mass is 14.9. The summed E-state index contributed by atoms with van der Waals surface area (Å²) in [5, 5.41) is 3.64. The van der Waals surface area contributed by atoms with Crippen molar-refractivity contribution in [2.45, 2.75) is 58.9 Å². The van der Waals surface area contributed by atoms with E-state index in [1.54, 1.807) is 0 Å². The highest BCUT2D eigenvalue weighted by Gasteiger charge is 2.33. The van der Waals surface area contributed by atoms with Crippen molar-refractivity contribution in [3.8, 4) is 12.3 Å². The molecule has 2 unspecified atom stereocenters. The summed E-state index contributed by atoms with van der Waals surface area (Å²) in [6.07, 6.45) is 11.6. The zero-order valence-corrected chi connectivity index (χ0v) is 10.5. The van der Waals surface area contributed by atoms with E-state index in [0.29, 0.717) is 11.5 Å². The molecule has 1 saturated carbocycles. The van der Waals surface area contributed by atoms with E-state index < -0.39 is 0 Å². The van der Waals surface area contributed by atoms with Gasteiger partial charge in [0.1, 0.15) is 0 Å². The van der Waals surface area contributed by atoms with Gasteiger partial charge in [0.25, 0.3) is 0 Å². The Morgan fingerprint density at radius 2 is 1.93 bits per heavy atom. The highest BCUT2D eigenvalue weighted by molar-refractivity contribution is 4.90. The van der Waals surface area contributed by atoms with Crippen LogP contribution in [0, 0.1) is 23.7 Å². The quantitative estimate of drug-likeness (QED) is 0.553. The first-order chi connectivity index (χ1) is 7.05. The SMILES string of the molecule is C#CCCNC1CCCCC1C(C)(C)C. The molecule has 1 nitrogen and oxygen atoms in total. The molecule has 0 aliphatic heterocycles. The van der Waals surface area contributed by atoms with Gasteiger partial charge in [-0.1, -0.05) is 33.6 Å². The molecule has 1 fully saturated rings. The summed E-state index contributed by atoms with van der Waals surface area (Å²) >= 11 is 0. The molecule has 0 radical (unpaired) electrons. The van der Waals surface area contributed by atoms with Crippen LogP contribution in [0.4, 0.5) is 0 Å². The number of hydrogen-bond donors (Lipinski definition) is 1. The topological polar surface area (TPSA) is 12.0 Å². The lowest BCUT2D eigenvalue weighted by Crippen LogP contribution is -2.44. The van der Waals surface area contributed by atoms with Gasteiger partial charge in [-0.3, -0.25) is 0 Å². The fourth-order valence-electron chi connectivity index (χ4n) is 2.74. The van der Waals surface area contributed by atoms with E-state index in [9.17, 15) is 0 Å². The monoisotopic (exact) mass is 207 g/mol. The Bertz CT molecular complexity index is 218. The first kappa shape index (κ1) is 12.6. The zero-order chi connectivity index (χ0) is 11.3. The van der Waals surface area contributed by atoms with Crippen LogP contribution in [0.25, 0.3) is 0 Å². The lowest BCUT2D eigenvalue weighted by Gasteiger charge is -2.41. The summed E-state index contributed by atoms with van der Waals surface area (Å²) in [5.41, 5.74) is 0.425. The van der Waals surface area contributed by atoms with Crippen LogP contribution in [0.5, 0.6) is 0 Å². The van der Waals surface area contributed by atoms with Crippen molar-refractivity contribution in [3.05, 3.63) is 0 Å². The Kier molecular flexibility index (Phi) is 4.67. The van der Waals surface area contributed by atoms with E-state index in [-0.39, 0.29) is 0 Å². The van der Waals surface area contributed by atoms with E-state index in [4.69, 9.17) is 6.42 Å². The van der Waals surface area contributed by atoms with Gasteiger partial charge in [-0.25, -0.2) is 0 Å². The molecule has 1 aliphatic carbocycles. The lowest BCUT2D eigenvalue weighted by molar-refractivity contribution is 0.132. The molecule has 0 heterocycles. The Balaban J connectivity index is 2.47. The van der Waals surface area contributed by atoms with E-state index >= 15 is 0 Å². The van der Waals surface area contributed by atoms with Gasteiger partial charge in [0, 0.05) is 19.0 Å². The predicted molar refractivity (Wildman–Crippen MR) is 66.7 cm³/mol. The smallest absolute Gasteiger partial charge is 0.0212 e. The molecule has 0 aromatic heterocycles. The van der Waals surface area contributed by atoms with Crippen LogP contribution in [-0.4, -0.2) is 12.6 Å². The fourth-order valence-corrected chi connectivity index (χ4v) is 2.74. The zero-order valence-electron chi connectivity index (χ0n) is 10.5. The molecule has 0 bridgehead atoms. The van der Waals surface area contributed by atoms with Gasteiger partial charge in [-0.15, -0.1) is 12.3 Å². The summed E-state index contributed by atoms with van der Waals surface area (Å²) in [7, 11) is 0. The van der Waals surface area contributed by atoms with Crippen molar-refractivity contribution in [1.29, 1.82) is 0 Å². The molecule has 2 atom stereocenters. The van der Waals surface area contributed by atoms with Gasteiger partial charge in [-0.05, 0) is 24.2 Å². The molecule has 0 amide bonds. The molecule has 0 aromatic rings. The third-order valence-electron chi connectivity index (χ3n) is 3.55. The molecule has 1 N–H and O–H groups in total. The standard InChI is InChI=1S/C14H25N/c1-5-6-11-15-13-10-8-7-9-12(13)14(2,3)4/h1,12-13,15H,6-11H2,2-4H3. The van der Waals surface area contributed by atoms with Gasteiger partial charge in [0.2, 0.25) is 0 Å². The Hall–Kier alpha value is -0.480. The van der Waals surface area contributed by atoms with Gasteiger partial charge < -0.3 is 5.32 Å². The minimum Gasteiger partial charge on any atom is -0.313 e. The van der Waals surface area contributed by atoms with Crippen molar-refractivity contribution >= 4 is 0 Å². The van der Waals surface area contributed by atoms with Crippen LogP contribution in [-0.2, 0) is 0 Å². The van der Waals surface area contributed by atoms with Gasteiger partial charge >= 0.3 is 0 Å². The summed E-state index contributed by atoms with van der Waals surface area (Å²) in [5.74, 6) is 3.51. The fraction of sp³-hybridized carbons (Fsp3) is 0.857.